The number of alkyl halides is 6. The number of carbonyl (C=O) groups is 2. The molecule has 7 nitrogen and oxygen atoms in total. The van der Waals surface area contributed by atoms with Crippen LogP contribution in [0, 0.1) is 9.49 Å². The van der Waals surface area contributed by atoms with Crippen LogP contribution in [0.25, 0.3) is 0 Å². The Hall–Kier alpha value is -1.62. The van der Waals surface area contributed by atoms with Crippen molar-refractivity contribution in [1.29, 1.82) is 0 Å². The summed E-state index contributed by atoms with van der Waals surface area (Å²) in [6, 6.07) is 2.79. The van der Waals surface area contributed by atoms with E-state index in [2.05, 4.69) is 0 Å². The molecule has 1 saturated carbocycles. The van der Waals surface area contributed by atoms with Gasteiger partial charge in [0.05, 0.1) is 9.49 Å². The second-order valence-electron chi connectivity index (χ2n) is 7.48. The first-order valence-corrected chi connectivity index (χ1v) is 12.1. The summed E-state index contributed by atoms with van der Waals surface area (Å²) in [4.78, 5) is 24.7. The highest BCUT2D eigenvalue weighted by molar-refractivity contribution is 14.1. The van der Waals surface area contributed by atoms with E-state index in [1.54, 1.807) is 22.6 Å². The minimum absolute atomic E-state index is 0.252. The molecule has 0 spiro atoms. The van der Waals surface area contributed by atoms with Gasteiger partial charge in [0.2, 0.25) is 5.54 Å². The Kier molecular flexibility index (Phi) is 8.32. The highest BCUT2D eigenvalue weighted by Gasteiger charge is 2.73. The second-order valence-corrected chi connectivity index (χ2v) is 10.1. The molecule has 15 heteroatoms. The average Bonchev–Trinajstić information content (AvgIpc) is 2.66. The maximum atomic E-state index is 13.4. The fourth-order valence-electron chi connectivity index (χ4n) is 3.29. The van der Waals surface area contributed by atoms with Gasteiger partial charge < -0.3 is 10.1 Å². The van der Waals surface area contributed by atoms with Crippen LogP contribution in [0.1, 0.15) is 42.5 Å². The van der Waals surface area contributed by atoms with Gasteiger partial charge in [0.15, 0.2) is 0 Å². The first-order chi connectivity index (χ1) is 15.0. The van der Waals surface area contributed by atoms with Crippen LogP contribution in [0.5, 0.6) is 5.75 Å². The lowest BCUT2D eigenvalue weighted by Crippen LogP contribution is -2.70. The average molecular weight is 617 g/mol. The van der Waals surface area contributed by atoms with Gasteiger partial charge in [0.1, 0.15) is 11.5 Å². The third-order valence-corrected chi connectivity index (χ3v) is 6.73. The van der Waals surface area contributed by atoms with E-state index < -0.39 is 57.1 Å². The van der Waals surface area contributed by atoms with Crippen LogP contribution in [0.3, 0.4) is 0 Å². The largest absolute Gasteiger partial charge is 0.425 e. The van der Waals surface area contributed by atoms with Gasteiger partial charge in [-0.3, -0.25) is 14.1 Å². The second kappa shape index (κ2) is 9.93. The minimum Gasteiger partial charge on any atom is -0.425 e. The molecule has 0 radical (unpaired) electrons. The van der Waals surface area contributed by atoms with E-state index in [4.69, 9.17) is 9.29 Å². The van der Waals surface area contributed by atoms with Gasteiger partial charge >= 0.3 is 18.3 Å². The van der Waals surface area contributed by atoms with E-state index in [0.717, 1.165) is 37.5 Å². The molecule has 186 valence electrons. The maximum Gasteiger partial charge on any atom is 0.421 e. The molecule has 1 aliphatic carbocycles. The van der Waals surface area contributed by atoms with Crippen molar-refractivity contribution >= 4 is 44.6 Å². The predicted octanol–water partition coefficient (Wildman–Crippen LogP) is 4.26. The van der Waals surface area contributed by atoms with Gasteiger partial charge in [-0.2, -0.15) is 34.8 Å². The number of hydrogen-bond donors (Lipinski definition) is 2. The number of nitrogens with one attached hydrogen (secondary N) is 1. The van der Waals surface area contributed by atoms with E-state index in [0.29, 0.717) is 18.2 Å². The molecule has 2 rings (SSSR count). The number of esters is 1. The zero-order valence-electron chi connectivity index (χ0n) is 16.6. The number of rotatable bonds is 6. The van der Waals surface area contributed by atoms with Crippen LogP contribution in [0.4, 0.5) is 26.3 Å². The van der Waals surface area contributed by atoms with Crippen LogP contribution >= 0.6 is 22.6 Å². The highest BCUT2D eigenvalue weighted by Crippen LogP contribution is 2.44. The normalized spacial score (nSPS) is 16.4. The quantitative estimate of drug-likeness (QED) is 0.163. The zero-order valence-corrected chi connectivity index (χ0v) is 19.6. The van der Waals surface area contributed by atoms with Crippen molar-refractivity contribution in [2.75, 3.05) is 5.75 Å². The Bertz CT molecular complexity index is 991. The van der Waals surface area contributed by atoms with E-state index in [1.165, 1.54) is 0 Å². The predicted molar refractivity (Wildman–Crippen MR) is 110 cm³/mol. The molecule has 1 fully saturated rings. The summed E-state index contributed by atoms with van der Waals surface area (Å²) in [6.45, 7) is 0. The van der Waals surface area contributed by atoms with Crippen molar-refractivity contribution in [3.05, 3.63) is 27.3 Å². The van der Waals surface area contributed by atoms with Crippen LogP contribution in [0.15, 0.2) is 18.2 Å². The molecular formula is C18H18F6INO6S. The fourth-order valence-corrected chi connectivity index (χ4v) is 4.69. The van der Waals surface area contributed by atoms with E-state index in [-0.39, 0.29) is 9.32 Å². The van der Waals surface area contributed by atoms with Gasteiger partial charge in [-0.05, 0) is 53.6 Å². The Morgan fingerprint density at radius 3 is 2.09 bits per heavy atom. The Labute approximate surface area is 198 Å². The van der Waals surface area contributed by atoms with Gasteiger partial charge in [-0.15, -0.1) is 0 Å². The molecule has 1 aromatic carbocycles. The number of ether oxygens (including phenoxy) is 1. The Morgan fingerprint density at radius 1 is 1.06 bits per heavy atom. The van der Waals surface area contributed by atoms with Crippen molar-refractivity contribution in [2.45, 2.75) is 50.0 Å². The summed E-state index contributed by atoms with van der Waals surface area (Å²) in [5, 5.41) is 0.676. The summed E-state index contributed by atoms with van der Waals surface area (Å²) >= 11 is 1.70. The van der Waals surface area contributed by atoms with Gasteiger partial charge in [0, 0.05) is 5.56 Å². The molecular weight excluding hydrogens is 599 g/mol. The van der Waals surface area contributed by atoms with Crippen LogP contribution < -0.4 is 10.1 Å². The topological polar surface area (TPSA) is 110 Å². The van der Waals surface area contributed by atoms with Crippen molar-refractivity contribution in [2.24, 2.45) is 5.92 Å². The van der Waals surface area contributed by atoms with E-state index in [9.17, 15) is 44.3 Å². The monoisotopic (exact) mass is 617 g/mol. The standard InChI is InChI=1S/C18H18F6INO6S/c19-17(20,21)16(18(22,23)24,9-33(29,30)31)26-14(27)11-6-7-12(25)13(8-11)32-15(28)10-4-2-1-3-5-10/h6-8,10H,1-5,9H2,(H,26,27)(H,29,30,31). The molecule has 2 N–H and O–H groups in total. The SMILES string of the molecule is O=C(NC(CS(=O)(=O)O)(C(F)(F)F)C(F)(F)F)c1ccc(I)c(OC(=O)C2CCCCC2)c1. The summed E-state index contributed by atoms with van der Waals surface area (Å²) in [6.07, 6.45) is -9.02. The van der Waals surface area contributed by atoms with Crippen molar-refractivity contribution in [1.82, 2.24) is 5.32 Å². The molecule has 0 unspecified atom stereocenters. The van der Waals surface area contributed by atoms with Crippen molar-refractivity contribution in [3.63, 3.8) is 0 Å². The van der Waals surface area contributed by atoms with Gasteiger partial charge in [-0.25, -0.2) is 0 Å². The summed E-state index contributed by atoms with van der Waals surface area (Å²) in [5.41, 5.74) is -6.04. The molecule has 0 heterocycles. The summed E-state index contributed by atoms with van der Waals surface area (Å²) in [7, 11) is -5.84. The number of amides is 1. The molecule has 33 heavy (non-hydrogen) atoms. The van der Waals surface area contributed by atoms with Crippen molar-refractivity contribution < 1.29 is 53.6 Å². The van der Waals surface area contributed by atoms with E-state index >= 15 is 0 Å². The first-order valence-electron chi connectivity index (χ1n) is 9.39. The van der Waals surface area contributed by atoms with Crippen LogP contribution in [-0.2, 0) is 14.9 Å². The van der Waals surface area contributed by atoms with Crippen LogP contribution in [-0.4, -0.2) is 48.5 Å². The number of benzene rings is 1. The lowest BCUT2D eigenvalue weighted by atomic mass is 9.89. The Balaban J connectivity index is 2.38. The first kappa shape index (κ1) is 27.6. The molecule has 0 aliphatic heterocycles. The van der Waals surface area contributed by atoms with Gasteiger partial charge in [0.25, 0.3) is 16.0 Å². The number of carbonyl (C=O) groups excluding carboxylic acids is 2. The van der Waals surface area contributed by atoms with Gasteiger partial charge in [-0.1, -0.05) is 19.3 Å². The van der Waals surface area contributed by atoms with Crippen LogP contribution in [0.2, 0.25) is 0 Å². The smallest absolute Gasteiger partial charge is 0.421 e. The molecule has 0 saturated heterocycles. The molecule has 1 aromatic rings. The molecule has 0 aromatic heterocycles. The lowest BCUT2D eigenvalue weighted by Gasteiger charge is -2.36. The fraction of sp³-hybridized carbons (Fsp3) is 0.556. The van der Waals surface area contributed by atoms with Crippen molar-refractivity contribution in [3.8, 4) is 5.75 Å². The third-order valence-electron chi connectivity index (χ3n) is 5.04. The summed E-state index contributed by atoms with van der Waals surface area (Å²) in [5.74, 6) is -6.15. The lowest BCUT2D eigenvalue weighted by molar-refractivity contribution is -0.296. The van der Waals surface area contributed by atoms with E-state index in [1.807, 2.05) is 0 Å². The molecule has 1 aliphatic rings. The summed E-state index contributed by atoms with van der Waals surface area (Å²) < 4.78 is 117. The Morgan fingerprint density at radius 2 is 1.61 bits per heavy atom. The third kappa shape index (κ3) is 6.71. The molecule has 0 bridgehead atoms. The zero-order chi connectivity index (χ0) is 25.2. The molecule has 0 atom stereocenters. The maximum absolute atomic E-state index is 13.4. The highest BCUT2D eigenvalue weighted by atomic mass is 127. The minimum atomic E-state index is -6.34. The number of hydrogen-bond acceptors (Lipinski definition) is 5. The number of halogens is 7. The molecule has 1 amide bonds.